The van der Waals surface area contributed by atoms with E-state index in [1.54, 1.807) is 29.2 Å². The van der Waals surface area contributed by atoms with Crippen molar-refractivity contribution in [2.45, 2.75) is 70.1 Å². The van der Waals surface area contributed by atoms with Crippen LogP contribution in [0, 0.1) is 11.3 Å². The molecular weight excluding hydrogens is 524 g/mol. The third kappa shape index (κ3) is 6.21. The van der Waals surface area contributed by atoms with E-state index in [4.69, 9.17) is 20.5 Å². The van der Waals surface area contributed by atoms with Gasteiger partial charge < -0.3 is 30.3 Å². The Kier molecular flexibility index (Phi) is 7.51. The molecule has 0 saturated carbocycles. The molecule has 0 radical (unpaired) electrons. The predicted octanol–water partition coefficient (Wildman–Crippen LogP) is 3.67. The fraction of sp³-hybridized carbons (Fsp3) is 0.500. The van der Waals surface area contributed by atoms with Gasteiger partial charge in [-0.2, -0.15) is 5.26 Å². The molecule has 1 spiro atoms. The number of pyridine rings is 1. The van der Waals surface area contributed by atoms with E-state index < -0.39 is 17.3 Å². The number of hydrogen-bond acceptors (Lipinski definition) is 9. The number of carbonyl (C=O) groups excluding carboxylic acids is 3. The van der Waals surface area contributed by atoms with Gasteiger partial charge >= 0.3 is 6.09 Å². The summed E-state index contributed by atoms with van der Waals surface area (Å²) in [6.45, 7) is 7.69. The average molecular weight is 561 g/mol. The van der Waals surface area contributed by atoms with Gasteiger partial charge in [0.2, 0.25) is 0 Å². The van der Waals surface area contributed by atoms with Crippen molar-refractivity contribution in [2.24, 2.45) is 0 Å². The second-order valence-corrected chi connectivity index (χ2v) is 12.0. The van der Waals surface area contributed by atoms with Gasteiger partial charge in [0.25, 0.3) is 5.91 Å². The summed E-state index contributed by atoms with van der Waals surface area (Å²) in [5.41, 5.74) is 6.56. The molecule has 5 rings (SSSR count). The summed E-state index contributed by atoms with van der Waals surface area (Å²) in [5, 5.41) is 12.1. The van der Waals surface area contributed by atoms with Gasteiger partial charge in [0, 0.05) is 45.1 Å². The molecule has 216 valence electrons. The van der Waals surface area contributed by atoms with Crippen LogP contribution in [0.3, 0.4) is 0 Å². The lowest BCUT2D eigenvalue weighted by Gasteiger charge is -2.44. The Morgan fingerprint density at radius 1 is 1.17 bits per heavy atom. The van der Waals surface area contributed by atoms with Crippen LogP contribution in [0.4, 0.5) is 16.3 Å². The molecule has 0 aliphatic carbocycles. The van der Waals surface area contributed by atoms with Gasteiger partial charge in [-0.25, -0.2) is 9.78 Å². The first kappa shape index (κ1) is 28.2. The first-order valence-corrected chi connectivity index (χ1v) is 14.0. The molecule has 2 amide bonds. The molecule has 3 N–H and O–H groups in total. The summed E-state index contributed by atoms with van der Waals surface area (Å²) in [6.07, 6.45) is 3.80. The van der Waals surface area contributed by atoms with Crippen molar-refractivity contribution in [3.63, 3.8) is 0 Å². The van der Waals surface area contributed by atoms with Gasteiger partial charge in [0.15, 0.2) is 5.78 Å². The van der Waals surface area contributed by atoms with Gasteiger partial charge in [0.1, 0.15) is 22.8 Å². The third-order valence-electron chi connectivity index (χ3n) is 7.87. The summed E-state index contributed by atoms with van der Waals surface area (Å²) >= 11 is 0. The molecule has 41 heavy (non-hydrogen) atoms. The molecule has 1 aromatic carbocycles. The maximum absolute atomic E-state index is 13.5. The number of Topliss-reactive ketones (excluding diaryl/α,β-unsaturated/α-hetero) is 1. The number of likely N-dealkylation sites (tertiary alicyclic amines) is 1. The Labute approximate surface area is 239 Å². The third-order valence-corrected chi connectivity index (χ3v) is 7.87. The monoisotopic (exact) mass is 560 g/mol. The highest BCUT2D eigenvalue weighted by atomic mass is 16.6. The van der Waals surface area contributed by atoms with E-state index in [1.165, 1.54) is 6.20 Å². The molecule has 11 nitrogen and oxygen atoms in total. The quantitative estimate of drug-likeness (QED) is 0.573. The lowest BCUT2D eigenvalue weighted by molar-refractivity contribution is -0.00571. The fourth-order valence-electron chi connectivity index (χ4n) is 5.67. The Morgan fingerprint density at radius 3 is 2.54 bits per heavy atom. The Bertz CT molecular complexity index is 1400. The van der Waals surface area contributed by atoms with Gasteiger partial charge in [-0.05, 0) is 57.9 Å². The summed E-state index contributed by atoms with van der Waals surface area (Å²) in [5.74, 6) is 0.939. The molecule has 0 bridgehead atoms. The molecule has 0 unspecified atom stereocenters. The molecular formula is C30H36N6O5. The van der Waals surface area contributed by atoms with Crippen molar-refractivity contribution in [3.05, 3.63) is 47.2 Å². The zero-order valence-corrected chi connectivity index (χ0v) is 23.7. The van der Waals surface area contributed by atoms with Gasteiger partial charge in [-0.15, -0.1) is 0 Å². The maximum Gasteiger partial charge on any atom is 0.407 e. The molecule has 1 aromatic heterocycles. The number of nitriles is 1. The normalized spacial score (nSPS) is 18.7. The fourth-order valence-corrected chi connectivity index (χ4v) is 5.67. The number of nitrogens with two attached hydrogens (primary N) is 1. The second-order valence-electron chi connectivity index (χ2n) is 12.0. The highest BCUT2D eigenvalue weighted by Gasteiger charge is 2.44. The number of nitrogens with zero attached hydrogens (tertiary/aromatic N) is 4. The number of aromatic nitrogens is 1. The number of nitrogens with one attached hydrogen (secondary N) is 1. The van der Waals surface area contributed by atoms with E-state index in [0.717, 1.165) is 12.8 Å². The number of fused-ring (bicyclic) bond motifs is 1. The number of piperidine rings is 2. The highest BCUT2D eigenvalue weighted by Crippen LogP contribution is 2.40. The molecule has 4 heterocycles. The molecule has 11 heteroatoms. The minimum absolute atomic E-state index is 0.00547. The second kappa shape index (κ2) is 10.9. The Hall–Kier alpha value is -4.33. The summed E-state index contributed by atoms with van der Waals surface area (Å²) in [7, 11) is 0. The van der Waals surface area contributed by atoms with Crippen molar-refractivity contribution in [1.29, 1.82) is 5.26 Å². The van der Waals surface area contributed by atoms with E-state index in [9.17, 15) is 14.4 Å². The number of amides is 2. The van der Waals surface area contributed by atoms with Crippen LogP contribution in [0.5, 0.6) is 5.75 Å². The number of benzene rings is 1. The standard InChI is InChI=1S/C30H36N6O5/c1-29(2,3)41-28(39)34-20-6-10-35(11-7-20)26-15-21(23(32)18-33-26)27(38)36-12-8-30(9-13-36)16-24(37)22-14-19(17-31)4-5-25(22)40-30/h4-5,14-15,18,20H,6-13,16,32H2,1-3H3,(H,34,39). The topological polar surface area (TPSA) is 151 Å². The predicted molar refractivity (Wildman–Crippen MR) is 152 cm³/mol. The minimum atomic E-state index is -0.665. The van der Waals surface area contributed by atoms with Crippen molar-refractivity contribution in [3.8, 4) is 11.8 Å². The van der Waals surface area contributed by atoms with E-state index in [2.05, 4.69) is 21.3 Å². The van der Waals surface area contributed by atoms with Crippen LogP contribution < -0.4 is 20.7 Å². The first-order chi connectivity index (χ1) is 19.4. The summed E-state index contributed by atoms with van der Waals surface area (Å²) in [4.78, 5) is 46.9. The summed E-state index contributed by atoms with van der Waals surface area (Å²) < 4.78 is 11.7. The van der Waals surface area contributed by atoms with Crippen LogP contribution in [0.15, 0.2) is 30.5 Å². The maximum atomic E-state index is 13.5. The molecule has 2 aromatic rings. The van der Waals surface area contributed by atoms with Crippen molar-refractivity contribution in [1.82, 2.24) is 15.2 Å². The number of alkyl carbamates (subject to hydrolysis) is 1. The van der Waals surface area contributed by atoms with Crippen molar-refractivity contribution in [2.75, 3.05) is 36.8 Å². The number of ether oxygens (including phenoxy) is 2. The molecule has 3 aliphatic rings. The lowest BCUT2D eigenvalue weighted by atomic mass is 9.82. The number of ketones is 1. The smallest absolute Gasteiger partial charge is 0.407 e. The van der Waals surface area contributed by atoms with Gasteiger partial charge in [0.05, 0.1) is 41.1 Å². The first-order valence-electron chi connectivity index (χ1n) is 14.0. The SMILES string of the molecule is CC(C)(C)OC(=O)NC1CCN(c2cc(C(=O)N3CCC4(CC3)CC(=O)c3cc(C#N)ccc3O4)c(N)cn2)CC1. The van der Waals surface area contributed by atoms with Crippen molar-refractivity contribution < 1.29 is 23.9 Å². The lowest BCUT2D eigenvalue weighted by Crippen LogP contribution is -2.52. The van der Waals surface area contributed by atoms with Crippen LogP contribution in [0.2, 0.25) is 0 Å². The van der Waals surface area contributed by atoms with Crippen LogP contribution in [-0.4, -0.2) is 71.1 Å². The molecule has 2 saturated heterocycles. The van der Waals surface area contributed by atoms with Gasteiger partial charge in [-0.3, -0.25) is 9.59 Å². The molecule has 0 atom stereocenters. The van der Waals surface area contributed by atoms with Gasteiger partial charge in [-0.1, -0.05) is 0 Å². The largest absolute Gasteiger partial charge is 0.486 e. The number of nitrogen functional groups attached to an aromatic ring is 1. The number of anilines is 2. The average Bonchev–Trinajstić information content (AvgIpc) is 2.93. The minimum Gasteiger partial charge on any atom is -0.486 e. The van der Waals surface area contributed by atoms with E-state index in [1.807, 2.05) is 20.8 Å². The van der Waals surface area contributed by atoms with Crippen LogP contribution in [-0.2, 0) is 4.74 Å². The Balaban J connectivity index is 1.20. The van der Waals surface area contributed by atoms with E-state index >= 15 is 0 Å². The zero-order valence-electron chi connectivity index (χ0n) is 23.7. The zero-order chi connectivity index (χ0) is 29.4. The summed E-state index contributed by atoms with van der Waals surface area (Å²) in [6, 6.07) is 8.71. The highest BCUT2D eigenvalue weighted by molar-refractivity contribution is 6.01. The molecule has 3 aliphatic heterocycles. The number of carbonyl (C=O) groups is 3. The Morgan fingerprint density at radius 2 is 1.88 bits per heavy atom. The van der Waals surface area contributed by atoms with Crippen LogP contribution in [0.1, 0.15) is 79.2 Å². The number of rotatable bonds is 3. The van der Waals surface area contributed by atoms with Crippen LogP contribution >= 0.6 is 0 Å². The van der Waals surface area contributed by atoms with E-state index in [0.29, 0.717) is 73.0 Å². The van der Waals surface area contributed by atoms with Crippen molar-refractivity contribution >= 4 is 29.3 Å². The molecule has 2 fully saturated rings. The van der Waals surface area contributed by atoms with Crippen LogP contribution in [0.25, 0.3) is 0 Å². The number of hydrogen-bond donors (Lipinski definition) is 2. The van der Waals surface area contributed by atoms with E-state index in [-0.39, 0.29) is 24.2 Å².